The van der Waals surface area contributed by atoms with Crippen molar-refractivity contribution in [3.63, 3.8) is 0 Å². The number of methoxy groups -OCH3 is 1. The lowest BCUT2D eigenvalue weighted by atomic mass is 9.94. The average Bonchev–Trinajstić information content (AvgIpc) is 2.28. The molecule has 1 saturated carbocycles. The monoisotopic (exact) mass is 230 g/mol. The predicted molar refractivity (Wildman–Crippen MR) is 63.9 cm³/mol. The van der Waals surface area contributed by atoms with E-state index in [1.807, 2.05) is 13.8 Å². The molecular formula is C13H26O3. The molecule has 0 radical (unpaired) electrons. The Morgan fingerprint density at radius 2 is 1.62 bits per heavy atom. The van der Waals surface area contributed by atoms with Crippen molar-refractivity contribution in [2.45, 2.75) is 71.2 Å². The molecular weight excluding hydrogens is 204 g/mol. The van der Waals surface area contributed by atoms with Crippen molar-refractivity contribution in [2.75, 3.05) is 7.11 Å². The van der Waals surface area contributed by atoms with Crippen LogP contribution in [0, 0.1) is 5.92 Å². The van der Waals surface area contributed by atoms with Crippen LogP contribution in [0.5, 0.6) is 0 Å². The average molecular weight is 230 g/mol. The standard InChI is InChI=1S/C13H26O3/c1-11(2)12(3,4)15-16-13(14-5)9-7-6-8-10-13/h11H,6-10H2,1-5H3. The first-order valence-electron chi connectivity index (χ1n) is 6.34. The van der Waals surface area contributed by atoms with Crippen LogP contribution >= 0.6 is 0 Å². The van der Waals surface area contributed by atoms with Crippen LogP contribution in [0.4, 0.5) is 0 Å². The molecule has 0 spiro atoms. The molecule has 0 aromatic rings. The van der Waals surface area contributed by atoms with Gasteiger partial charge in [-0.3, -0.25) is 0 Å². The highest BCUT2D eigenvalue weighted by Crippen LogP contribution is 2.34. The largest absolute Gasteiger partial charge is 0.351 e. The van der Waals surface area contributed by atoms with Gasteiger partial charge in [-0.25, -0.2) is 9.78 Å². The van der Waals surface area contributed by atoms with E-state index in [1.54, 1.807) is 7.11 Å². The van der Waals surface area contributed by atoms with Crippen molar-refractivity contribution in [1.29, 1.82) is 0 Å². The second-order valence-electron chi connectivity index (χ2n) is 5.60. The highest BCUT2D eigenvalue weighted by atomic mass is 17.2. The van der Waals surface area contributed by atoms with Gasteiger partial charge < -0.3 is 4.74 Å². The maximum atomic E-state index is 5.62. The molecule has 0 atom stereocenters. The maximum Gasteiger partial charge on any atom is 0.201 e. The van der Waals surface area contributed by atoms with Gasteiger partial charge in [-0.15, -0.1) is 0 Å². The fourth-order valence-corrected chi connectivity index (χ4v) is 1.69. The van der Waals surface area contributed by atoms with Crippen LogP contribution in [-0.4, -0.2) is 18.5 Å². The molecule has 1 aliphatic rings. The van der Waals surface area contributed by atoms with E-state index in [-0.39, 0.29) is 5.60 Å². The van der Waals surface area contributed by atoms with Gasteiger partial charge in [0.1, 0.15) is 5.60 Å². The van der Waals surface area contributed by atoms with Gasteiger partial charge in [0.2, 0.25) is 5.79 Å². The number of hydrogen-bond acceptors (Lipinski definition) is 3. The Kier molecular flexibility index (Phi) is 4.77. The van der Waals surface area contributed by atoms with Gasteiger partial charge >= 0.3 is 0 Å². The highest BCUT2D eigenvalue weighted by molar-refractivity contribution is 4.75. The van der Waals surface area contributed by atoms with Crippen molar-refractivity contribution >= 4 is 0 Å². The number of rotatable bonds is 5. The van der Waals surface area contributed by atoms with Gasteiger partial charge in [-0.2, -0.15) is 0 Å². The first-order chi connectivity index (χ1) is 7.42. The molecule has 96 valence electrons. The van der Waals surface area contributed by atoms with E-state index >= 15 is 0 Å². The minimum absolute atomic E-state index is 0.275. The summed E-state index contributed by atoms with van der Waals surface area (Å²) in [6.07, 6.45) is 5.43. The molecule has 0 aromatic heterocycles. The topological polar surface area (TPSA) is 27.7 Å². The number of hydrogen-bond donors (Lipinski definition) is 0. The van der Waals surface area contributed by atoms with Crippen LogP contribution < -0.4 is 0 Å². The summed E-state index contributed by atoms with van der Waals surface area (Å²) in [6.45, 7) is 8.35. The molecule has 0 heterocycles. The van der Waals surface area contributed by atoms with E-state index in [1.165, 1.54) is 6.42 Å². The molecule has 0 bridgehead atoms. The van der Waals surface area contributed by atoms with Crippen LogP contribution in [0.3, 0.4) is 0 Å². The third kappa shape index (κ3) is 3.44. The summed E-state index contributed by atoms with van der Waals surface area (Å²) in [5.74, 6) is -0.102. The fraction of sp³-hybridized carbons (Fsp3) is 1.00. The van der Waals surface area contributed by atoms with Crippen molar-refractivity contribution in [3.05, 3.63) is 0 Å². The molecule has 1 rings (SSSR count). The Hall–Kier alpha value is -0.120. The summed E-state index contributed by atoms with van der Waals surface area (Å²) in [5.41, 5.74) is -0.275. The van der Waals surface area contributed by atoms with Crippen molar-refractivity contribution < 1.29 is 14.5 Å². The zero-order valence-electron chi connectivity index (χ0n) is 11.3. The van der Waals surface area contributed by atoms with Crippen molar-refractivity contribution in [2.24, 2.45) is 5.92 Å². The Morgan fingerprint density at radius 1 is 1.06 bits per heavy atom. The van der Waals surface area contributed by atoms with E-state index in [0.717, 1.165) is 25.7 Å². The molecule has 0 N–H and O–H groups in total. The third-order valence-corrected chi connectivity index (χ3v) is 3.79. The van der Waals surface area contributed by atoms with Crippen molar-refractivity contribution in [3.8, 4) is 0 Å². The van der Waals surface area contributed by atoms with E-state index in [0.29, 0.717) is 5.92 Å². The lowest BCUT2D eigenvalue weighted by Crippen LogP contribution is -2.42. The first kappa shape index (κ1) is 13.9. The Labute approximate surface area is 99.4 Å². The molecule has 0 saturated heterocycles. The van der Waals surface area contributed by atoms with E-state index in [2.05, 4.69) is 13.8 Å². The summed E-state index contributed by atoms with van der Waals surface area (Å²) in [4.78, 5) is 11.2. The Balaban J connectivity index is 2.50. The van der Waals surface area contributed by atoms with Gasteiger partial charge in [0, 0.05) is 20.0 Å². The van der Waals surface area contributed by atoms with Crippen LogP contribution in [0.2, 0.25) is 0 Å². The number of ether oxygens (including phenoxy) is 1. The third-order valence-electron chi connectivity index (χ3n) is 3.79. The molecule has 0 aromatic carbocycles. The second kappa shape index (κ2) is 5.48. The van der Waals surface area contributed by atoms with Crippen LogP contribution in [0.25, 0.3) is 0 Å². The van der Waals surface area contributed by atoms with Crippen LogP contribution in [-0.2, 0) is 14.5 Å². The van der Waals surface area contributed by atoms with E-state index < -0.39 is 5.79 Å². The smallest absolute Gasteiger partial charge is 0.201 e. The molecule has 0 unspecified atom stereocenters. The normalized spacial score (nSPS) is 21.4. The lowest BCUT2D eigenvalue weighted by Gasteiger charge is -2.38. The second-order valence-corrected chi connectivity index (χ2v) is 5.60. The van der Waals surface area contributed by atoms with Gasteiger partial charge in [-0.1, -0.05) is 20.3 Å². The van der Waals surface area contributed by atoms with E-state index in [9.17, 15) is 0 Å². The van der Waals surface area contributed by atoms with Gasteiger partial charge in [0.25, 0.3) is 0 Å². The molecule has 3 nitrogen and oxygen atoms in total. The zero-order chi connectivity index (χ0) is 12.2. The summed E-state index contributed by atoms with van der Waals surface area (Å²) < 4.78 is 5.51. The summed E-state index contributed by atoms with van der Waals surface area (Å²) in [7, 11) is 1.71. The summed E-state index contributed by atoms with van der Waals surface area (Å²) >= 11 is 0. The molecule has 1 fully saturated rings. The quantitative estimate of drug-likeness (QED) is 0.409. The highest BCUT2D eigenvalue weighted by Gasteiger charge is 2.37. The minimum Gasteiger partial charge on any atom is -0.351 e. The van der Waals surface area contributed by atoms with Gasteiger partial charge in [-0.05, 0) is 32.6 Å². The SMILES string of the molecule is COC1(OOC(C)(C)C(C)C)CCCCC1. The van der Waals surface area contributed by atoms with Crippen LogP contribution in [0.15, 0.2) is 0 Å². The molecule has 0 aliphatic heterocycles. The fourth-order valence-electron chi connectivity index (χ4n) is 1.69. The van der Waals surface area contributed by atoms with Gasteiger partial charge in [0.05, 0.1) is 0 Å². The first-order valence-corrected chi connectivity index (χ1v) is 6.34. The summed E-state index contributed by atoms with van der Waals surface area (Å²) in [5, 5.41) is 0. The minimum atomic E-state index is -0.510. The molecule has 16 heavy (non-hydrogen) atoms. The Morgan fingerprint density at radius 3 is 2.06 bits per heavy atom. The zero-order valence-corrected chi connectivity index (χ0v) is 11.3. The van der Waals surface area contributed by atoms with Gasteiger partial charge in [0.15, 0.2) is 0 Å². The Bertz CT molecular complexity index is 205. The maximum absolute atomic E-state index is 5.62. The van der Waals surface area contributed by atoms with Crippen molar-refractivity contribution in [1.82, 2.24) is 0 Å². The van der Waals surface area contributed by atoms with Crippen LogP contribution in [0.1, 0.15) is 59.8 Å². The summed E-state index contributed by atoms with van der Waals surface area (Å²) in [6, 6.07) is 0. The molecule has 1 aliphatic carbocycles. The molecule has 3 heteroatoms. The predicted octanol–water partition coefficient (Wildman–Crippen LogP) is 3.68. The lowest BCUT2D eigenvalue weighted by molar-refractivity contribution is -0.468. The van der Waals surface area contributed by atoms with E-state index in [4.69, 9.17) is 14.5 Å². The molecule has 0 amide bonds.